The third-order valence-corrected chi connectivity index (χ3v) is 1.81. The highest BCUT2D eigenvalue weighted by Gasteiger charge is 1.92. The predicted octanol–water partition coefficient (Wildman–Crippen LogP) is 3.04. The first-order chi connectivity index (χ1) is 6.86. The fourth-order valence-electron chi connectivity index (χ4n) is 1.05. The van der Waals surface area contributed by atoms with Crippen LogP contribution in [-0.2, 0) is 0 Å². The van der Waals surface area contributed by atoms with Crippen LogP contribution in [0.5, 0.6) is 11.5 Å². The number of ether oxygens (including phenoxy) is 2. The molecule has 0 N–H and O–H groups in total. The van der Waals surface area contributed by atoms with Crippen LogP contribution in [0.4, 0.5) is 0 Å². The number of rotatable bonds is 5. The Morgan fingerprint density at radius 3 is 2.29 bits per heavy atom. The molecule has 0 bridgehead atoms. The highest BCUT2D eigenvalue weighted by atomic mass is 16.5. The zero-order chi connectivity index (χ0) is 10.2. The minimum Gasteiger partial charge on any atom is -0.497 e. The molecule has 76 valence electrons. The SMILES string of the molecule is CC/C=C/COc1ccc(OC)cc1. The van der Waals surface area contributed by atoms with Crippen LogP contribution >= 0.6 is 0 Å². The molecule has 0 unspecified atom stereocenters. The van der Waals surface area contributed by atoms with Gasteiger partial charge in [-0.1, -0.05) is 19.1 Å². The molecular formula is C12H16O2. The highest BCUT2D eigenvalue weighted by Crippen LogP contribution is 2.16. The fraction of sp³-hybridized carbons (Fsp3) is 0.333. The molecule has 0 aliphatic carbocycles. The summed E-state index contributed by atoms with van der Waals surface area (Å²) in [6.07, 6.45) is 5.15. The van der Waals surface area contributed by atoms with Gasteiger partial charge < -0.3 is 9.47 Å². The topological polar surface area (TPSA) is 18.5 Å². The van der Waals surface area contributed by atoms with Crippen molar-refractivity contribution in [3.63, 3.8) is 0 Å². The third kappa shape index (κ3) is 3.52. The van der Waals surface area contributed by atoms with Crippen LogP contribution in [0.15, 0.2) is 36.4 Å². The van der Waals surface area contributed by atoms with Crippen molar-refractivity contribution in [2.75, 3.05) is 13.7 Å². The predicted molar refractivity (Wildman–Crippen MR) is 57.9 cm³/mol. The summed E-state index contributed by atoms with van der Waals surface area (Å²) >= 11 is 0. The molecule has 0 aliphatic rings. The van der Waals surface area contributed by atoms with Crippen molar-refractivity contribution in [3.05, 3.63) is 36.4 Å². The first-order valence-corrected chi connectivity index (χ1v) is 4.78. The lowest BCUT2D eigenvalue weighted by molar-refractivity contribution is 0.360. The van der Waals surface area contributed by atoms with Crippen molar-refractivity contribution in [3.8, 4) is 11.5 Å². The van der Waals surface area contributed by atoms with Gasteiger partial charge in [-0.2, -0.15) is 0 Å². The molecular weight excluding hydrogens is 176 g/mol. The Balaban J connectivity index is 2.40. The van der Waals surface area contributed by atoms with E-state index in [0.717, 1.165) is 17.9 Å². The molecule has 0 atom stereocenters. The van der Waals surface area contributed by atoms with Gasteiger partial charge in [0.2, 0.25) is 0 Å². The van der Waals surface area contributed by atoms with E-state index < -0.39 is 0 Å². The van der Waals surface area contributed by atoms with Gasteiger partial charge in [0.25, 0.3) is 0 Å². The molecule has 0 radical (unpaired) electrons. The van der Waals surface area contributed by atoms with Crippen LogP contribution in [0.3, 0.4) is 0 Å². The molecule has 0 heterocycles. The minimum absolute atomic E-state index is 0.625. The van der Waals surface area contributed by atoms with Gasteiger partial charge in [-0.3, -0.25) is 0 Å². The second kappa shape index (κ2) is 6.08. The van der Waals surface area contributed by atoms with Crippen LogP contribution in [0, 0.1) is 0 Å². The van der Waals surface area contributed by atoms with E-state index in [9.17, 15) is 0 Å². The maximum Gasteiger partial charge on any atom is 0.120 e. The maximum absolute atomic E-state index is 5.47. The molecule has 0 amide bonds. The summed E-state index contributed by atoms with van der Waals surface area (Å²) in [4.78, 5) is 0. The summed E-state index contributed by atoms with van der Waals surface area (Å²) in [5, 5.41) is 0. The standard InChI is InChI=1S/C12H16O2/c1-3-4-5-10-14-12-8-6-11(13-2)7-9-12/h4-9H,3,10H2,1-2H3/b5-4+. The van der Waals surface area contributed by atoms with Gasteiger partial charge in [-0.25, -0.2) is 0 Å². The molecule has 2 heteroatoms. The van der Waals surface area contributed by atoms with Crippen LogP contribution in [-0.4, -0.2) is 13.7 Å². The van der Waals surface area contributed by atoms with E-state index in [0.29, 0.717) is 6.61 Å². The van der Waals surface area contributed by atoms with E-state index >= 15 is 0 Å². The Labute approximate surface area is 85.2 Å². The summed E-state index contributed by atoms with van der Waals surface area (Å²) in [6, 6.07) is 7.58. The summed E-state index contributed by atoms with van der Waals surface area (Å²) in [7, 11) is 1.65. The Morgan fingerprint density at radius 1 is 1.07 bits per heavy atom. The normalized spacial score (nSPS) is 10.4. The van der Waals surface area contributed by atoms with E-state index in [-0.39, 0.29) is 0 Å². The second-order valence-electron chi connectivity index (χ2n) is 2.87. The van der Waals surface area contributed by atoms with Crippen molar-refractivity contribution < 1.29 is 9.47 Å². The van der Waals surface area contributed by atoms with Gasteiger partial charge >= 0.3 is 0 Å². The molecule has 0 saturated carbocycles. The molecule has 1 rings (SSSR count). The Hall–Kier alpha value is -1.44. The maximum atomic E-state index is 5.47. The molecule has 14 heavy (non-hydrogen) atoms. The Kier molecular flexibility index (Phi) is 4.62. The largest absolute Gasteiger partial charge is 0.497 e. The fourth-order valence-corrected chi connectivity index (χ4v) is 1.05. The van der Waals surface area contributed by atoms with E-state index in [1.54, 1.807) is 7.11 Å². The molecule has 1 aromatic carbocycles. The Bertz CT molecular complexity index is 275. The van der Waals surface area contributed by atoms with E-state index in [2.05, 4.69) is 13.0 Å². The monoisotopic (exact) mass is 192 g/mol. The first-order valence-electron chi connectivity index (χ1n) is 4.78. The lowest BCUT2D eigenvalue weighted by Gasteiger charge is -2.03. The van der Waals surface area contributed by atoms with Gasteiger partial charge in [0.15, 0.2) is 0 Å². The average molecular weight is 192 g/mol. The van der Waals surface area contributed by atoms with Crippen molar-refractivity contribution in [2.24, 2.45) is 0 Å². The molecule has 0 aliphatic heterocycles. The van der Waals surface area contributed by atoms with E-state index in [4.69, 9.17) is 9.47 Å². The Morgan fingerprint density at radius 2 is 1.71 bits per heavy atom. The van der Waals surface area contributed by atoms with Crippen LogP contribution in [0.2, 0.25) is 0 Å². The summed E-state index contributed by atoms with van der Waals surface area (Å²) in [6.45, 7) is 2.73. The number of benzene rings is 1. The lowest BCUT2D eigenvalue weighted by atomic mass is 10.3. The number of hydrogen-bond acceptors (Lipinski definition) is 2. The number of methoxy groups -OCH3 is 1. The minimum atomic E-state index is 0.625. The second-order valence-corrected chi connectivity index (χ2v) is 2.87. The van der Waals surface area contributed by atoms with Gasteiger partial charge in [-0.15, -0.1) is 0 Å². The van der Waals surface area contributed by atoms with Crippen LogP contribution < -0.4 is 9.47 Å². The van der Waals surface area contributed by atoms with Crippen molar-refractivity contribution >= 4 is 0 Å². The molecule has 1 aromatic rings. The lowest BCUT2D eigenvalue weighted by Crippen LogP contribution is -1.93. The summed E-state index contributed by atoms with van der Waals surface area (Å²) in [5.41, 5.74) is 0. The molecule has 0 spiro atoms. The van der Waals surface area contributed by atoms with Gasteiger partial charge in [0.1, 0.15) is 18.1 Å². The summed E-state index contributed by atoms with van der Waals surface area (Å²) in [5.74, 6) is 1.72. The quantitative estimate of drug-likeness (QED) is 0.667. The zero-order valence-corrected chi connectivity index (χ0v) is 8.69. The highest BCUT2D eigenvalue weighted by molar-refractivity contribution is 5.31. The smallest absolute Gasteiger partial charge is 0.120 e. The van der Waals surface area contributed by atoms with Crippen LogP contribution in [0.1, 0.15) is 13.3 Å². The summed E-state index contributed by atoms with van der Waals surface area (Å²) < 4.78 is 10.5. The number of hydrogen-bond donors (Lipinski definition) is 0. The third-order valence-electron chi connectivity index (χ3n) is 1.81. The molecule has 2 nitrogen and oxygen atoms in total. The van der Waals surface area contributed by atoms with E-state index in [1.807, 2.05) is 30.3 Å². The van der Waals surface area contributed by atoms with Crippen molar-refractivity contribution in [1.82, 2.24) is 0 Å². The molecule has 0 fully saturated rings. The van der Waals surface area contributed by atoms with Gasteiger partial charge in [-0.05, 0) is 30.7 Å². The average Bonchev–Trinajstić information content (AvgIpc) is 2.25. The molecule has 0 saturated heterocycles. The van der Waals surface area contributed by atoms with E-state index in [1.165, 1.54) is 0 Å². The molecule has 0 aromatic heterocycles. The van der Waals surface area contributed by atoms with Crippen molar-refractivity contribution in [1.29, 1.82) is 0 Å². The van der Waals surface area contributed by atoms with Crippen LogP contribution in [0.25, 0.3) is 0 Å². The van der Waals surface area contributed by atoms with Gasteiger partial charge in [0.05, 0.1) is 7.11 Å². The zero-order valence-electron chi connectivity index (χ0n) is 8.69. The first kappa shape index (κ1) is 10.6. The van der Waals surface area contributed by atoms with Crippen molar-refractivity contribution in [2.45, 2.75) is 13.3 Å². The van der Waals surface area contributed by atoms with Gasteiger partial charge in [0, 0.05) is 0 Å². The number of allylic oxidation sites excluding steroid dienone is 1.